The average Bonchev–Trinajstić information content (AvgIpc) is 3.40. The lowest BCUT2D eigenvalue weighted by Crippen LogP contribution is -2.36. The first kappa shape index (κ1) is 25.6. The van der Waals surface area contributed by atoms with Gasteiger partial charge in [0.05, 0.1) is 23.6 Å². The number of aryl methyl sites for hydroxylation is 1. The molecule has 0 bridgehead atoms. The zero-order chi connectivity index (χ0) is 26.6. The van der Waals surface area contributed by atoms with Crippen LogP contribution in [0.5, 0.6) is 5.75 Å². The Bertz CT molecular complexity index is 1510. The number of amides is 1. The van der Waals surface area contributed by atoms with E-state index < -0.39 is 0 Å². The van der Waals surface area contributed by atoms with Gasteiger partial charge in [-0.25, -0.2) is 4.98 Å². The molecule has 0 saturated heterocycles. The smallest absolute Gasteiger partial charge is 0.240 e. The number of nitrogens with zero attached hydrogens (tertiary/aromatic N) is 3. The third-order valence-electron chi connectivity index (χ3n) is 6.90. The highest BCUT2D eigenvalue weighted by Gasteiger charge is 2.31. The number of carbonyl (C=O) groups is 1. The number of nitriles is 1. The predicted octanol–water partition coefficient (Wildman–Crippen LogP) is 7.06. The Kier molecular flexibility index (Phi) is 7.48. The minimum Gasteiger partial charge on any atom is -0.497 e. The SMILES string of the molecule is CCC(Sc1nc(-c2ccc(OC)cc2)cc(-c2ccc(C)cc2)c1C#N)C(=O)N1CCc2ccccc21. The second kappa shape index (κ2) is 11.1. The maximum atomic E-state index is 13.7. The molecule has 38 heavy (non-hydrogen) atoms. The van der Waals surface area contributed by atoms with Gasteiger partial charge in [0.2, 0.25) is 5.91 Å². The van der Waals surface area contributed by atoms with Gasteiger partial charge in [0.25, 0.3) is 0 Å². The maximum absolute atomic E-state index is 13.7. The highest BCUT2D eigenvalue weighted by atomic mass is 32.2. The number of pyridine rings is 1. The number of anilines is 1. The zero-order valence-corrected chi connectivity index (χ0v) is 22.6. The molecule has 0 fully saturated rings. The number of hydrogen-bond donors (Lipinski definition) is 0. The minimum atomic E-state index is -0.363. The highest BCUT2D eigenvalue weighted by Crippen LogP contribution is 2.38. The number of hydrogen-bond acceptors (Lipinski definition) is 5. The van der Waals surface area contributed by atoms with Gasteiger partial charge in [0.15, 0.2) is 0 Å². The Morgan fingerprint density at radius 3 is 2.47 bits per heavy atom. The van der Waals surface area contributed by atoms with Gasteiger partial charge in [-0.05, 0) is 67.3 Å². The van der Waals surface area contributed by atoms with Crippen molar-refractivity contribution in [3.63, 3.8) is 0 Å². The number of para-hydroxylation sites is 1. The minimum absolute atomic E-state index is 0.0554. The summed E-state index contributed by atoms with van der Waals surface area (Å²) < 4.78 is 5.33. The Hall–Kier alpha value is -4.08. The molecule has 0 saturated carbocycles. The topological polar surface area (TPSA) is 66.2 Å². The van der Waals surface area contributed by atoms with Crippen molar-refractivity contribution in [2.75, 3.05) is 18.6 Å². The van der Waals surface area contributed by atoms with Gasteiger partial charge in [-0.2, -0.15) is 5.26 Å². The van der Waals surface area contributed by atoms with Crippen LogP contribution in [0.15, 0.2) is 83.9 Å². The number of methoxy groups -OCH3 is 1. The highest BCUT2D eigenvalue weighted by molar-refractivity contribution is 8.00. The van der Waals surface area contributed by atoms with E-state index in [9.17, 15) is 10.1 Å². The molecule has 6 heteroatoms. The predicted molar refractivity (Wildman–Crippen MR) is 154 cm³/mol. The van der Waals surface area contributed by atoms with Crippen LogP contribution in [0.2, 0.25) is 0 Å². The molecule has 0 spiro atoms. The van der Waals surface area contributed by atoms with Gasteiger partial charge in [-0.15, -0.1) is 0 Å². The van der Waals surface area contributed by atoms with Crippen molar-refractivity contribution in [3.05, 3.63) is 95.6 Å². The van der Waals surface area contributed by atoms with E-state index in [1.807, 2.05) is 91.5 Å². The van der Waals surface area contributed by atoms with E-state index in [1.165, 1.54) is 17.3 Å². The van der Waals surface area contributed by atoms with Crippen molar-refractivity contribution < 1.29 is 9.53 Å². The van der Waals surface area contributed by atoms with E-state index in [0.717, 1.165) is 45.8 Å². The van der Waals surface area contributed by atoms with Crippen molar-refractivity contribution in [3.8, 4) is 34.2 Å². The quantitative estimate of drug-likeness (QED) is 0.245. The van der Waals surface area contributed by atoms with Crippen molar-refractivity contribution in [2.45, 2.75) is 37.0 Å². The van der Waals surface area contributed by atoms with Crippen LogP contribution in [-0.4, -0.2) is 29.8 Å². The van der Waals surface area contributed by atoms with Gasteiger partial charge < -0.3 is 9.64 Å². The maximum Gasteiger partial charge on any atom is 0.240 e. The summed E-state index contributed by atoms with van der Waals surface area (Å²) in [5, 5.41) is 10.5. The Balaban J connectivity index is 1.57. The summed E-state index contributed by atoms with van der Waals surface area (Å²) in [7, 11) is 1.64. The molecule has 0 radical (unpaired) electrons. The summed E-state index contributed by atoms with van der Waals surface area (Å²) in [6.45, 7) is 4.73. The van der Waals surface area contributed by atoms with Gasteiger partial charge in [-0.3, -0.25) is 4.79 Å². The van der Waals surface area contributed by atoms with Crippen molar-refractivity contribution in [1.82, 2.24) is 4.98 Å². The van der Waals surface area contributed by atoms with E-state index in [2.05, 4.69) is 12.1 Å². The van der Waals surface area contributed by atoms with E-state index >= 15 is 0 Å². The first-order chi connectivity index (χ1) is 18.5. The summed E-state index contributed by atoms with van der Waals surface area (Å²) >= 11 is 1.39. The molecule has 1 aromatic heterocycles. The third-order valence-corrected chi connectivity index (χ3v) is 8.24. The van der Waals surface area contributed by atoms with Crippen LogP contribution in [0, 0.1) is 18.3 Å². The van der Waals surface area contributed by atoms with Gasteiger partial charge >= 0.3 is 0 Å². The molecule has 4 aromatic rings. The summed E-state index contributed by atoms with van der Waals surface area (Å²) in [5.74, 6) is 0.818. The number of aromatic nitrogens is 1. The normalized spacial score (nSPS) is 13.1. The fourth-order valence-electron chi connectivity index (χ4n) is 4.77. The lowest BCUT2D eigenvalue weighted by atomic mass is 9.98. The molecule has 1 atom stereocenters. The molecule has 2 heterocycles. The molecule has 5 rings (SSSR count). The fraction of sp³-hybridized carbons (Fsp3) is 0.219. The number of benzene rings is 3. The van der Waals surface area contributed by atoms with Crippen LogP contribution in [0.25, 0.3) is 22.4 Å². The standard InChI is InChI=1S/C32H29N3O2S/c1-4-30(32(36)35-18-17-24-7-5-6-8-29(24)35)38-31-27(20-33)26(22-11-9-21(2)10-12-22)19-28(34-31)23-13-15-25(37-3)16-14-23/h5-16,19,30H,4,17-18H2,1-3H3. The number of rotatable bonds is 7. The van der Waals surface area contributed by atoms with Crippen LogP contribution in [0.4, 0.5) is 5.69 Å². The number of thioether (sulfide) groups is 1. The average molecular weight is 520 g/mol. The summed E-state index contributed by atoms with van der Waals surface area (Å²) in [5.41, 5.74) is 7.23. The summed E-state index contributed by atoms with van der Waals surface area (Å²) in [6.07, 6.45) is 1.48. The van der Waals surface area contributed by atoms with Crippen molar-refractivity contribution in [1.29, 1.82) is 5.26 Å². The Morgan fingerprint density at radius 2 is 1.79 bits per heavy atom. The Morgan fingerprint density at radius 1 is 1.08 bits per heavy atom. The molecule has 0 N–H and O–H groups in total. The molecule has 190 valence electrons. The number of carbonyl (C=O) groups excluding carboxylic acids is 1. The van der Waals surface area contributed by atoms with Crippen LogP contribution < -0.4 is 9.64 Å². The van der Waals surface area contributed by atoms with Gasteiger partial charge in [0, 0.05) is 23.4 Å². The van der Waals surface area contributed by atoms with Gasteiger partial charge in [-0.1, -0.05) is 66.7 Å². The van der Waals surface area contributed by atoms with Gasteiger partial charge in [0.1, 0.15) is 16.8 Å². The molecule has 1 aliphatic heterocycles. The van der Waals surface area contributed by atoms with Crippen molar-refractivity contribution >= 4 is 23.4 Å². The second-order valence-electron chi connectivity index (χ2n) is 9.32. The first-order valence-electron chi connectivity index (χ1n) is 12.7. The van der Waals surface area contributed by atoms with Crippen LogP contribution in [-0.2, 0) is 11.2 Å². The fourth-order valence-corrected chi connectivity index (χ4v) is 5.86. The number of ether oxygens (including phenoxy) is 1. The molecule has 3 aromatic carbocycles. The van der Waals surface area contributed by atoms with Crippen molar-refractivity contribution in [2.24, 2.45) is 0 Å². The molecular formula is C32H29N3O2S. The summed E-state index contributed by atoms with van der Waals surface area (Å²) in [6, 6.07) is 28.3. The number of fused-ring (bicyclic) bond motifs is 1. The van der Waals surface area contributed by atoms with E-state index in [-0.39, 0.29) is 11.2 Å². The molecular weight excluding hydrogens is 490 g/mol. The second-order valence-corrected chi connectivity index (χ2v) is 10.5. The van der Waals surface area contributed by atoms with Crippen LogP contribution in [0.1, 0.15) is 30.0 Å². The lowest BCUT2D eigenvalue weighted by molar-refractivity contribution is -0.118. The molecule has 1 unspecified atom stereocenters. The first-order valence-corrected chi connectivity index (χ1v) is 13.6. The largest absolute Gasteiger partial charge is 0.497 e. The molecule has 0 aliphatic carbocycles. The molecule has 1 amide bonds. The van der Waals surface area contributed by atoms with E-state index in [0.29, 0.717) is 23.6 Å². The Labute approximate surface area is 228 Å². The van der Waals surface area contributed by atoms with E-state index in [1.54, 1.807) is 7.11 Å². The van der Waals surface area contributed by atoms with E-state index in [4.69, 9.17) is 9.72 Å². The molecule has 5 nitrogen and oxygen atoms in total. The third kappa shape index (κ3) is 5.03. The lowest BCUT2D eigenvalue weighted by Gasteiger charge is -2.23. The van der Waals surface area contributed by atoms with Crippen LogP contribution >= 0.6 is 11.8 Å². The summed E-state index contributed by atoms with van der Waals surface area (Å²) in [4.78, 5) is 20.6. The molecule has 1 aliphatic rings. The van der Waals surface area contributed by atoms with Crippen LogP contribution in [0.3, 0.4) is 0 Å². The monoisotopic (exact) mass is 519 g/mol. The zero-order valence-electron chi connectivity index (χ0n) is 21.8.